The quantitative estimate of drug-likeness (QED) is 0.801. The van der Waals surface area contributed by atoms with Gasteiger partial charge in [-0.25, -0.2) is 0 Å². The van der Waals surface area contributed by atoms with Gasteiger partial charge in [0.1, 0.15) is 0 Å². The van der Waals surface area contributed by atoms with Crippen molar-refractivity contribution >= 4 is 0 Å². The topological polar surface area (TPSA) is 23.5 Å². The number of hydrogen-bond acceptors (Lipinski definition) is 2. The monoisotopic (exact) mass is 249 g/mol. The van der Waals surface area contributed by atoms with Gasteiger partial charge < -0.3 is 5.11 Å². The van der Waals surface area contributed by atoms with Crippen LogP contribution in [0.15, 0.2) is 30.3 Å². The molecule has 0 fully saturated rings. The van der Waals surface area contributed by atoms with Gasteiger partial charge in [0.2, 0.25) is 0 Å². The number of rotatable bonds is 7. The van der Waals surface area contributed by atoms with Gasteiger partial charge >= 0.3 is 0 Å². The van der Waals surface area contributed by atoms with Gasteiger partial charge in [0.15, 0.2) is 0 Å². The lowest BCUT2D eigenvalue weighted by Gasteiger charge is -2.36. The van der Waals surface area contributed by atoms with Crippen molar-refractivity contribution in [3.63, 3.8) is 0 Å². The molecule has 1 N–H and O–H groups in total. The summed E-state index contributed by atoms with van der Waals surface area (Å²) in [6, 6.07) is 11.0. The van der Waals surface area contributed by atoms with Crippen LogP contribution in [0.3, 0.4) is 0 Å². The van der Waals surface area contributed by atoms with Crippen molar-refractivity contribution in [3.05, 3.63) is 35.9 Å². The summed E-state index contributed by atoms with van der Waals surface area (Å²) in [5, 5.41) is 9.56. The van der Waals surface area contributed by atoms with Crippen molar-refractivity contribution < 1.29 is 5.11 Å². The Hall–Kier alpha value is -0.860. The van der Waals surface area contributed by atoms with E-state index in [0.29, 0.717) is 6.04 Å². The molecule has 1 rings (SSSR count). The van der Waals surface area contributed by atoms with Crippen molar-refractivity contribution in [2.45, 2.75) is 46.7 Å². The van der Waals surface area contributed by atoms with Gasteiger partial charge in [-0.05, 0) is 25.8 Å². The average Bonchev–Trinajstić information content (AvgIpc) is 2.39. The van der Waals surface area contributed by atoms with E-state index in [1.165, 1.54) is 5.56 Å². The third-order valence-corrected chi connectivity index (χ3v) is 3.78. The summed E-state index contributed by atoms with van der Waals surface area (Å²) in [6.07, 6.45) is 1.00. The Bertz CT molecular complexity index is 330. The Balaban J connectivity index is 2.72. The van der Waals surface area contributed by atoms with E-state index in [9.17, 15) is 5.11 Å². The zero-order chi connectivity index (χ0) is 13.6. The molecule has 1 unspecified atom stereocenters. The summed E-state index contributed by atoms with van der Waals surface area (Å²) in [6.45, 7) is 10.9. The molecule has 0 spiro atoms. The summed E-state index contributed by atoms with van der Waals surface area (Å²) in [7, 11) is 0. The van der Waals surface area contributed by atoms with Crippen LogP contribution in [0.25, 0.3) is 0 Å². The van der Waals surface area contributed by atoms with Gasteiger partial charge in [0, 0.05) is 31.2 Å². The van der Waals surface area contributed by atoms with Crippen LogP contribution in [-0.4, -0.2) is 29.2 Å². The molecule has 18 heavy (non-hydrogen) atoms. The normalized spacial score (nSPS) is 15.1. The molecule has 0 saturated heterocycles. The molecule has 0 bridgehead atoms. The molecular formula is C16H27NO. The van der Waals surface area contributed by atoms with E-state index in [1.54, 1.807) is 0 Å². The molecule has 2 heteroatoms. The van der Waals surface area contributed by atoms with Gasteiger partial charge in [-0.15, -0.1) is 0 Å². The number of aliphatic hydroxyl groups is 1. The second kappa shape index (κ2) is 6.91. The molecule has 0 radical (unpaired) electrons. The third-order valence-electron chi connectivity index (χ3n) is 3.78. The smallest absolute Gasteiger partial charge is 0.0496 e. The largest absolute Gasteiger partial charge is 0.396 e. The number of nitrogens with zero attached hydrogens (tertiary/aromatic N) is 1. The van der Waals surface area contributed by atoms with Crippen molar-refractivity contribution in [3.8, 4) is 0 Å². The molecule has 0 amide bonds. The maximum Gasteiger partial charge on any atom is 0.0496 e. The molecular weight excluding hydrogens is 222 g/mol. The van der Waals surface area contributed by atoms with Gasteiger partial charge in [-0.1, -0.05) is 44.2 Å². The van der Waals surface area contributed by atoms with Gasteiger partial charge in [0.25, 0.3) is 0 Å². The van der Waals surface area contributed by atoms with Crippen molar-refractivity contribution in [2.24, 2.45) is 5.41 Å². The van der Waals surface area contributed by atoms with E-state index in [-0.39, 0.29) is 12.0 Å². The van der Waals surface area contributed by atoms with Gasteiger partial charge in [0.05, 0.1) is 0 Å². The maximum atomic E-state index is 9.56. The predicted octanol–water partition coefficient (Wildman–Crippen LogP) is 3.31. The van der Waals surface area contributed by atoms with Crippen LogP contribution in [0, 0.1) is 5.41 Å². The minimum atomic E-state index is -0.000942. The highest BCUT2D eigenvalue weighted by Gasteiger charge is 2.25. The molecule has 0 aliphatic heterocycles. The highest BCUT2D eigenvalue weighted by Crippen LogP contribution is 2.23. The first kappa shape index (κ1) is 15.2. The lowest BCUT2D eigenvalue weighted by Crippen LogP contribution is -2.41. The standard InChI is InChI=1S/C16H27NO/c1-5-16(4,13-18)12-17(14(2)3)11-15-9-7-6-8-10-15/h6-10,14,18H,5,11-13H2,1-4H3. The van der Waals surface area contributed by atoms with Crippen molar-refractivity contribution in [1.82, 2.24) is 4.90 Å². The second-order valence-corrected chi connectivity index (χ2v) is 5.81. The minimum absolute atomic E-state index is 0.000942. The van der Waals surface area contributed by atoms with E-state index >= 15 is 0 Å². The van der Waals surface area contributed by atoms with Crippen LogP contribution in [0.5, 0.6) is 0 Å². The molecule has 0 saturated carbocycles. The molecule has 0 aliphatic carbocycles. The minimum Gasteiger partial charge on any atom is -0.396 e. The summed E-state index contributed by atoms with van der Waals surface area (Å²) in [4.78, 5) is 2.44. The Morgan fingerprint density at radius 3 is 2.28 bits per heavy atom. The molecule has 1 aromatic carbocycles. The fourth-order valence-corrected chi connectivity index (χ4v) is 2.00. The fraction of sp³-hybridized carbons (Fsp3) is 0.625. The summed E-state index contributed by atoms with van der Waals surface area (Å²) in [5.74, 6) is 0. The number of hydrogen-bond donors (Lipinski definition) is 1. The molecule has 0 heterocycles. The Labute approximate surface area is 112 Å². The van der Waals surface area contributed by atoms with Crippen LogP contribution >= 0.6 is 0 Å². The summed E-state index contributed by atoms with van der Waals surface area (Å²) >= 11 is 0. The molecule has 0 aliphatic rings. The molecule has 0 aromatic heterocycles. The second-order valence-electron chi connectivity index (χ2n) is 5.81. The van der Waals surface area contributed by atoms with Crippen molar-refractivity contribution in [2.75, 3.05) is 13.2 Å². The molecule has 1 atom stereocenters. The number of aliphatic hydroxyl groups excluding tert-OH is 1. The Kier molecular flexibility index (Phi) is 5.83. The van der Waals surface area contributed by atoms with E-state index in [1.807, 2.05) is 6.07 Å². The molecule has 102 valence electrons. The van der Waals surface area contributed by atoms with Crippen LogP contribution in [0.1, 0.15) is 39.7 Å². The van der Waals surface area contributed by atoms with Crippen LogP contribution < -0.4 is 0 Å². The molecule has 2 nitrogen and oxygen atoms in total. The first-order chi connectivity index (χ1) is 8.50. The zero-order valence-electron chi connectivity index (χ0n) is 12.2. The van der Waals surface area contributed by atoms with E-state index in [0.717, 1.165) is 19.5 Å². The average molecular weight is 249 g/mol. The highest BCUT2D eigenvalue weighted by molar-refractivity contribution is 5.14. The SMILES string of the molecule is CCC(C)(CO)CN(Cc1ccccc1)C(C)C. The van der Waals surface area contributed by atoms with E-state index in [4.69, 9.17) is 0 Å². The fourth-order valence-electron chi connectivity index (χ4n) is 2.00. The van der Waals surface area contributed by atoms with Gasteiger partial charge in [-0.3, -0.25) is 4.90 Å². The first-order valence-corrected chi connectivity index (χ1v) is 6.89. The summed E-state index contributed by atoms with van der Waals surface area (Å²) < 4.78 is 0. The maximum absolute atomic E-state index is 9.56. The van der Waals surface area contributed by atoms with E-state index < -0.39 is 0 Å². The van der Waals surface area contributed by atoms with Crippen LogP contribution in [-0.2, 0) is 6.54 Å². The Morgan fingerprint density at radius 2 is 1.83 bits per heavy atom. The van der Waals surface area contributed by atoms with Gasteiger partial charge in [-0.2, -0.15) is 0 Å². The van der Waals surface area contributed by atoms with Crippen LogP contribution in [0.2, 0.25) is 0 Å². The lowest BCUT2D eigenvalue weighted by atomic mass is 9.87. The molecule has 1 aromatic rings. The zero-order valence-corrected chi connectivity index (χ0v) is 12.2. The lowest BCUT2D eigenvalue weighted by molar-refractivity contribution is 0.0661. The Morgan fingerprint density at radius 1 is 1.22 bits per heavy atom. The summed E-state index contributed by atoms with van der Waals surface area (Å²) in [5.41, 5.74) is 1.33. The third kappa shape index (κ3) is 4.43. The van der Waals surface area contributed by atoms with E-state index in [2.05, 4.69) is 56.9 Å². The van der Waals surface area contributed by atoms with Crippen molar-refractivity contribution in [1.29, 1.82) is 0 Å². The highest BCUT2D eigenvalue weighted by atomic mass is 16.3. The van der Waals surface area contributed by atoms with Crippen LogP contribution in [0.4, 0.5) is 0 Å². The number of benzene rings is 1. The predicted molar refractivity (Wildman–Crippen MR) is 77.5 cm³/mol. The first-order valence-electron chi connectivity index (χ1n) is 6.89.